The molecule has 2 amide bonds. The van der Waals surface area contributed by atoms with E-state index < -0.39 is 0 Å². The molecule has 176 valence electrons. The number of piperazine rings is 1. The summed E-state index contributed by atoms with van der Waals surface area (Å²) >= 11 is 2.78. The maximum absolute atomic E-state index is 12.8. The van der Waals surface area contributed by atoms with Gasteiger partial charge in [-0.15, -0.1) is 11.3 Å². The van der Waals surface area contributed by atoms with Crippen LogP contribution in [-0.2, 0) is 11.2 Å². The van der Waals surface area contributed by atoms with Crippen molar-refractivity contribution in [2.75, 3.05) is 31.9 Å². The van der Waals surface area contributed by atoms with E-state index in [-0.39, 0.29) is 23.1 Å². The molecule has 0 spiro atoms. The third-order valence-electron chi connectivity index (χ3n) is 6.07. The van der Waals surface area contributed by atoms with Gasteiger partial charge in [-0.3, -0.25) is 14.4 Å². The lowest BCUT2D eigenvalue weighted by molar-refractivity contribution is -0.129. The lowest BCUT2D eigenvalue weighted by Crippen LogP contribution is -2.51. The summed E-state index contributed by atoms with van der Waals surface area (Å²) in [6.07, 6.45) is 3.40. The summed E-state index contributed by atoms with van der Waals surface area (Å²) < 4.78 is 5.17. The molecular formula is C23H28N4O4S2. The minimum atomic E-state index is -0.157. The highest BCUT2D eigenvalue weighted by Crippen LogP contribution is 2.30. The highest BCUT2D eigenvalue weighted by atomic mass is 32.2. The zero-order chi connectivity index (χ0) is 23.5. The van der Waals surface area contributed by atoms with E-state index in [0.717, 1.165) is 28.1 Å². The number of aromatic amines is 1. The van der Waals surface area contributed by atoms with Gasteiger partial charge in [-0.25, -0.2) is 4.98 Å². The first kappa shape index (κ1) is 23.6. The molecule has 8 nitrogen and oxygen atoms in total. The third kappa shape index (κ3) is 5.16. The first-order chi connectivity index (χ1) is 15.9. The lowest BCUT2D eigenvalue weighted by Gasteiger charge is -2.34. The smallest absolute Gasteiger partial charge is 0.289 e. The number of thiophene rings is 1. The summed E-state index contributed by atoms with van der Waals surface area (Å²) in [6, 6.07) is 3.33. The molecule has 4 rings (SSSR count). The van der Waals surface area contributed by atoms with Crippen molar-refractivity contribution in [1.29, 1.82) is 0 Å². The standard InChI is InChI=1S/C23H28N4O4S2/c1-4-14(2)12-16-15(3)33-21-19(16)20(29)24-23(25-21)32-13-18(28)26-7-9-27(10-8-26)22(30)17-6-5-11-31-17/h5-6,11,14H,4,7-10,12-13H2,1-3H3,(H,24,25,29). The van der Waals surface area contributed by atoms with Gasteiger partial charge in [0.2, 0.25) is 5.91 Å². The summed E-state index contributed by atoms with van der Waals surface area (Å²) in [6.45, 7) is 8.24. The van der Waals surface area contributed by atoms with Crippen LogP contribution in [0.25, 0.3) is 10.2 Å². The zero-order valence-corrected chi connectivity index (χ0v) is 20.7. The van der Waals surface area contributed by atoms with Crippen LogP contribution in [0.15, 0.2) is 32.8 Å². The topological polar surface area (TPSA) is 99.5 Å². The zero-order valence-electron chi connectivity index (χ0n) is 19.1. The number of hydrogen-bond acceptors (Lipinski definition) is 7. The van der Waals surface area contributed by atoms with E-state index in [0.29, 0.717) is 48.4 Å². The van der Waals surface area contributed by atoms with Crippen LogP contribution < -0.4 is 5.56 Å². The van der Waals surface area contributed by atoms with Gasteiger partial charge in [0.15, 0.2) is 10.9 Å². The summed E-state index contributed by atoms with van der Waals surface area (Å²) in [5.41, 5.74) is 0.954. The molecule has 0 saturated carbocycles. The molecule has 0 radical (unpaired) electrons. The number of amides is 2. The number of fused-ring (bicyclic) bond motifs is 1. The molecule has 0 aromatic carbocycles. The monoisotopic (exact) mass is 488 g/mol. The molecule has 1 atom stereocenters. The molecule has 3 aromatic rings. The van der Waals surface area contributed by atoms with Gasteiger partial charge in [0.25, 0.3) is 11.5 Å². The van der Waals surface area contributed by atoms with Crippen LogP contribution in [-0.4, -0.2) is 63.5 Å². The molecule has 1 fully saturated rings. The van der Waals surface area contributed by atoms with Crippen molar-refractivity contribution in [3.05, 3.63) is 45.0 Å². The van der Waals surface area contributed by atoms with E-state index in [1.165, 1.54) is 29.4 Å². The average Bonchev–Trinajstić information content (AvgIpc) is 3.45. The molecule has 0 aliphatic carbocycles. The Morgan fingerprint density at radius 2 is 2.00 bits per heavy atom. The Morgan fingerprint density at radius 1 is 1.27 bits per heavy atom. The van der Waals surface area contributed by atoms with Crippen LogP contribution in [0.2, 0.25) is 0 Å². The quantitative estimate of drug-likeness (QED) is 0.403. The first-order valence-electron chi connectivity index (χ1n) is 11.1. The second-order valence-electron chi connectivity index (χ2n) is 8.34. The van der Waals surface area contributed by atoms with Crippen molar-refractivity contribution in [1.82, 2.24) is 19.8 Å². The molecule has 1 saturated heterocycles. The van der Waals surface area contributed by atoms with E-state index in [1.54, 1.807) is 21.9 Å². The van der Waals surface area contributed by atoms with Crippen LogP contribution >= 0.6 is 23.1 Å². The number of carbonyl (C=O) groups is 2. The SMILES string of the molecule is CCC(C)Cc1c(C)sc2nc(SCC(=O)N3CCN(C(=O)c4ccco4)CC3)[nH]c(=O)c12. The molecule has 0 bridgehead atoms. The second-order valence-corrected chi connectivity index (χ2v) is 10.5. The number of hydrogen-bond donors (Lipinski definition) is 1. The van der Waals surface area contributed by atoms with Gasteiger partial charge in [0.1, 0.15) is 4.83 Å². The summed E-state index contributed by atoms with van der Waals surface area (Å²) in [5.74, 6) is 0.808. The van der Waals surface area contributed by atoms with Gasteiger partial charge in [-0.05, 0) is 37.0 Å². The van der Waals surface area contributed by atoms with Gasteiger partial charge >= 0.3 is 0 Å². The largest absolute Gasteiger partial charge is 0.459 e. The number of thioether (sulfide) groups is 1. The third-order valence-corrected chi connectivity index (χ3v) is 7.97. The van der Waals surface area contributed by atoms with Crippen LogP contribution in [0.3, 0.4) is 0 Å². The van der Waals surface area contributed by atoms with E-state index in [9.17, 15) is 14.4 Å². The Labute approximate surface area is 200 Å². The molecule has 10 heteroatoms. The lowest BCUT2D eigenvalue weighted by atomic mass is 9.98. The van der Waals surface area contributed by atoms with Gasteiger partial charge in [0, 0.05) is 31.1 Å². The fourth-order valence-electron chi connectivity index (χ4n) is 3.90. The average molecular weight is 489 g/mol. The number of H-pyrrole nitrogens is 1. The van der Waals surface area contributed by atoms with Crippen LogP contribution in [0.1, 0.15) is 41.3 Å². The fraction of sp³-hybridized carbons (Fsp3) is 0.478. The molecule has 1 unspecified atom stereocenters. The summed E-state index contributed by atoms with van der Waals surface area (Å²) in [5, 5.41) is 1.15. The van der Waals surface area contributed by atoms with E-state index in [1.807, 2.05) is 6.92 Å². The Kier molecular flexibility index (Phi) is 7.23. The molecule has 4 heterocycles. The van der Waals surface area contributed by atoms with Crippen LogP contribution in [0.5, 0.6) is 0 Å². The predicted molar refractivity (Wildman–Crippen MR) is 130 cm³/mol. The van der Waals surface area contributed by atoms with Gasteiger partial charge in [-0.2, -0.15) is 0 Å². The highest BCUT2D eigenvalue weighted by molar-refractivity contribution is 7.99. The Bertz CT molecular complexity index is 1190. The van der Waals surface area contributed by atoms with E-state index in [4.69, 9.17) is 4.42 Å². The second kappa shape index (κ2) is 10.1. The molecular weight excluding hydrogens is 460 g/mol. The van der Waals surface area contributed by atoms with Gasteiger partial charge in [-0.1, -0.05) is 32.0 Å². The molecule has 1 aliphatic heterocycles. The maximum Gasteiger partial charge on any atom is 0.289 e. The first-order valence-corrected chi connectivity index (χ1v) is 12.9. The van der Waals surface area contributed by atoms with Crippen molar-refractivity contribution in [3.8, 4) is 0 Å². The Hall–Kier alpha value is -2.59. The normalized spacial score (nSPS) is 15.2. The molecule has 3 aromatic heterocycles. The minimum absolute atomic E-state index is 0.0346. The number of aromatic nitrogens is 2. The van der Waals surface area contributed by atoms with Crippen molar-refractivity contribution < 1.29 is 14.0 Å². The minimum Gasteiger partial charge on any atom is -0.459 e. The Morgan fingerprint density at radius 3 is 2.67 bits per heavy atom. The maximum atomic E-state index is 12.8. The fourth-order valence-corrected chi connectivity index (χ4v) is 5.77. The highest BCUT2D eigenvalue weighted by Gasteiger charge is 2.26. The van der Waals surface area contributed by atoms with Crippen molar-refractivity contribution >= 4 is 45.1 Å². The predicted octanol–water partition coefficient (Wildman–Crippen LogP) is 3.55. The van der Waals surface area contributed by atoms with Crippen molar-refractivity contribution in [2.45, 2.75) is 38.8 Å². The van der Waals surface area contributed by atoms with Crippen LogP contribution in [0.4, 0.5) is 0 Å². The number of rotatable bonds is 7. The number of carbonyl (C=O) groups excluding carboxylic acids is 2. The van der Waals surface area contributed by atoms with Gasteiger partial charge in [0.05, 0.1) is 17.4 Å². The van der Waals surface area contributed by atoms with E-state index >= 15 is 0 Å². The van der Waals surface area contributed by atoms with Crippen LogP contribution in [0, 0.1) is 12.8 Å². The van der Waals surface area contributed by atoms with Gasteiger partial charge < -0.3 is 19.2 Å². The van der Waals surface area contributed by atoms with Crippen molar-refractivity contribution in [2.24, 2.45) is 5.92 Å². The Balaban J connectivity index is 1.36. The number of furan rings is 1. The number of nitrogens with zero attached hydrogens (tertiary/aromatic N) is 3. The number of aryl methyl sites for hydroxylation is 1. The number of nitrogens with one attached hydrogen (secondary N) is 1. The summed E-state index contributed by atoms with van der Waals surface area (Å²) in [7, 11) is 0. The molecule has 33 heavy (non-hydrogen) atoms. The molecule has 1 aliphatic rings. The van der Waals surface area contributed by atoms with E-state index in [2.05, 4.69) is 23.8 Å². The molecule has 1 N–H and O–H groups in total. The summed E-state index contributed by atoms with van der Waals surface area (Å²) in [4.78, 5) is 50.7. The van der Waals surface area contributed by atoms with Crippen molar-refractivity contribution in [3.63, 3.8) is 0 Å².